The molecule has 1 aromatic carbocycles. The lowest BCUT2D eigenvalue weighted by Gasteiger charge is -2.10. The Bertz CT molecular complexity index is 526. The van der Waals surface area contributed by atoms with Crippen molar-refractivity contribution < 1.29 is 0 Å². The minimum Gasteiger partial charge on any atom is -0.316 e. The standard InChI is InChI=1S/C14H19N3/c1-10-11(2)16-17(12(10)3)14-8-6-5-7-13(14)9-15-4/h5-8,15H,9H2,1-4H3. The average Bonchev–Trinajstić information content (AvgIpc) is 2.58. The molecule has 0 saturated carbocycles. The number of nitrogens with one attached hydrogen (secondary N) is 1. The zero-order valence-corrected chi connectivity index (χ0v) is 10.9. The maximum atomic E-state index is 4.61. The van der Waals surface area contributed by atoms with Gasteiger partial charge in [-0.1, -0.05) is 18.2 Å². The predicted octanol–water partition coefficient (Wildman–Crippen LogP) is 2.52. The molecule has 90 valence electrons. The van der Waals surface area contributed by atoms with Crippen molar-refractivity contribution in [2.75, 3.05) is 7.05 Å². The summed E-state index contributed by atoms with van der Waals surface area (Å²) in [6, 6.07) is 8.37. The van der Waals surface area contributed by atoms with Crippen LogP contribution in [-0.2, 0) is 6.54 Å². The van der Waals surface area contributed by atoms with Gasteiger partial charge in [0.05, 0.1) is 11.4 Å². The topological polar surface area (TPSA) is 29.9 Å². The van der Waals surface area contributed by atoms with Crippen molar-refractivity contribution in [3.8, 4) is 5.69 Å². The van der Waals surface area contributed by atoms with Gasteiger partial charge < -0.3 is 5.32 Å². The van der Waals surface area contributed by atoms with Crippen molar-refractivity contribution in [2.45, 2.75) is 27.3 Å². The van der Waals surface area contributed by atoms with Crippen LogP contribution in [-0.4, -0.2) is 16.8 Å². The number of nitrogens with zero attached hydrogens (tertiary/aromatic N) is 2. The zero-order chi connectivity index (χ0) is 12.4. The van der Waals surface area contributed by atoms with Gasteiger partial charge in [0.15, 0.2) is 0 Å². The minimum absolute atomic E-state index is 0.855. The molecule has 2 rings (SSSR count). The highest BCUT2D eigenvalue weighted by atomic mass is 15.3. The second-order valence-corrected chi connectivity index (χ2v) is 4.37. The van der Waals surface area contributed by atoms with E-state index in [1.54, 1.807) is 0 Å². The van der Waals surface area contributed by atoms with E-state index in [0.29, 0.717) is 0 Å². The van der Waals surface area contributed by atoms with Gasteiger partial charge in [-0.25, -0.2) is 4.68 Å². The van der Waals surface area contributed by atoms with Crippen LogP contribution in [0.3, 0.4) is 0 Å². The predicted molar refractivity (Wildman–Crippen MR) is 70.5 cm³/mol. The van der Waals surface area contributed by atoms with Gasteiger partial charge in [0, 0.05) is 12.2 Å². The fourth-order valence-electron chi connectivity index (χ4n) is 2.01. The van der Waals surface area contributed by atoms with Gasteiger partial charge in [-0.05, 0) is 45.0 Å². The van der Waals surface area contributed by atoms with Gasteiger partial charge in [-0.3, -0.25) is 0 Å². The Morgan fingerprint density at radius 1 is 1.18 bits per heavy atom. The molecule has 3 nitrogen and oxygen atoms in total. The van der Waals surface area contributed by atoms with Gasteiger partial charge in [0.25, 0.3) is 0 Å². The zero-order valence-electron chi connectivity index (χ0n) is 10.9. The molecule has 0 atom stereocenters. The van der Waals surface area contributed by atoms with E-state index in [1.165, 1.54) is 16.8 Å². The molecule has 0 fully saturated rings. The number of benzene rings is 1. The molecule has 0 bridgehead atoms. The Morgan fingerprint density at radius 2 is 1.88 bits per heavy atom. The van der Waals surface area contributed by atoms with E-state index in [2.05, 4.69) is 55.5 Å². The fourth-order valence-corrected chi connectivity index (χ4v) is 2.01. The van der Waals surface area contributed by atoms with Crippen LogP contribution in [0.4, 0.5) is 0 Å². The number of aryl methyl sites for hydroxylation is 1. The van der Waals surface area contributed by atoms with Gasteiger partial charge in [-0.2, -0.15) is 5.10 Å². The molecule has 0 saturated heterocycles. The molecule has 3 heteroatoms. The molecule has 1 aromatic heterocycles. The first-order chi connectivity index (χ1) is 8.15. The van der Waals surface area contributed by atoms with Gasteiger partial charge in [-0.15, -0.1) is 0 Å². The van der Waals surface area contributed by atoms with E-state index in [-0.39, 0.29) is 0 Å². The first-order valence-electron chi connectivity index (χ1n) is 5.91. The van der Waals surface area contributed by atoms with Crippen LogP contribution in [0.25, 0.3) is 5.69 Å². The highest BCUT2D eigenvalue weighted by Crippen LogP contribution is 2.19. The highest BCUT2D eigenvalue weighted by Gasteiger charge is 2.11. The van der Waals surface area contributed by atoms with Crippen LogP contribution < -0.4 is 5.32 Å². The third-order valence-electron chi connectivity index (χ3n) is 3.24. The number of para-hydroxylation sites is 1. The quantitative estimate of drug-likeness (QED) is 0.876. The van der Waals surface area contributed by atoms with Crippen molar-refractivity contribution >= 4 is 0 Å². The van der Waals surface area contributed by atoms with Crippen LogP contribution in [0.5, 0.6) is 0 Å². The van der Waals surface area contributed by atoms with Crippen molar-refractivity contribution in [3.05, 3.63) is 46.8 Å². The molecule has 0 spiro atoms. The molecule has 1 heterocycles. The highest BCUT2D eigenvalue weighted by molar-refractivity contribution is 5.43. The third-order valence-corrected chi connectivity index (χ3v) is 3.24. The van der Waals surface area contributed by atoms with Crippen molar-refractivity contribution in [2.24, 2.45) is 0 Å². The second kappa shape index (κ2) is 4.72. The second-order valence-electron chi connectivity index (χ2n) is 4.37. The molecule has 0 aliphatic heterocycles. The Balaban J connectivity index is 2.56. The monoisotopic (exact) mass is 229 g/mol. The lowest BCUT2D eigenvalue weighted by molar-refractivity contribution is 0.775. The molecule has 0 aliphatic rings. The Labute approximate surface area is 102 Å². The van der Waals surface area contributed by atoms with Gasteiger partial charge >= 0.3 is 0 Å². The van der Waals surface area contributed by atoms with E-state index in [0.717, 1.165) is 17.9 Å². The van der Waals surface area contributed by atoms with Crippen molar-refractivity contribution in [1.82, 2.24) is 15.1 Å². The largest absolute Gasteiger partial charge is 0.316 e. The van der Waals surface area contributed by atoms with Crippen LogP contribution in [0.1, 0.15) is 22.5 Å². The summed E-state index contributed by atoms with van der Waals surface area (Å²) in [5, 5.41) is 7.81. The molecule has 0 amide bonds. The summed E-state index contributed by atoms with van der Waals surface area (Å²) >= 11 is 0. The Hall–Kier alpha value is -1.61. The normalized spacial score (nSPS) is 10.8. The van der Waals surface area contributed by atoms with Crippen LogP contribution in [0, 0.1) is 20.8 Å². The summed E-state index contributed by atoms with van der Waals surface area (Å²) in [6.07, 6.45) is 0. The third kappa shape index (κ3) is 2.11. The average molecular weight is 229 g/mol. The number of hydrogen-bond donors (Lipinski definition) is 1. The van der Waals surface area contributed by atoms with E-state index in [1.807, 2.05) is 11.7 Å². The van der Waals surface area contributed by atoms with Crippen molar-refractivity contribution in [1.29, 1.82) is 0 Å². The van der Waals surface area contributed by atoms with E-state index in [4.69, 9.17) is 0 Å². The maximum Gasteiger partial charge on any atom is 0.0693 e. The minimum atomic E-state index is 0.855. The summed E-state index contributed by atoms with van der Waals surface area (Å²) in [7, 11) is 1.96. The fraction of sp³-hybridized carbons (Fsp3) is 0.357. The molecule has 0 radical (unpaired) electrons. The van der Waals surface area contributed by atoms with Crippen LogP contribution in [0.15, 0.2) is 24.3 Å². The Morgan fingerprint density at radius 3 is 2.47 bits per heavy atom. The van der Waals surface area contributed by atoms with Gasteiger partial charge in [0.1, 0.15) is 0 Å². The summed E-state index contributed by atoms with van der Waals surface area (Å²) in [5.74, 6) is 0. The summed E-state index contributed by atoms with van der Waals surface area (Å²) < 4.78 is 2.04. The lowest BCUT2D eigenvalue weighted by Crippen LogP contribution is -2.10. The molecular weight excluding hydrogens is 210 g/mol. The summed E-state index contributed by atoms with van der Waals surface area (Å²) in [5.41, 5.74) is 6.01. The number of rotatable bonds is 3. The summed E-state index contributed by atoms with van der Waals surface area (Å²) in [6.45, 7) is 7.15. The first kappa shape index (κ1) is 11.9. The lowest BCUT2D eigenvalue weighted by atomic mass is 10.1. The van der Waals surface area contributed by atoms with Gasteiger partial charge in [0.2, 0.25) is 0 Å². The number of hydrogen-bond acceptors (Lipinski definition) is 2. The van der Waals surface area contributed by atoms with E-state index in [9.17, 15) is 0 Å². The molecular formula is C14H19N3. The van der Waals surface area contributed by atoms with E-state index < -0.39 is 0 Å². The molecule has 0 aliphatic carbocycles. The van der Waals surface area contributed by atoms with E-state index >= 15 is 0 Å². The maximum absolute atomic E-state index is 4.61. The smallest absolute Gasteiger partial charge is 0.0693 e. The van der Waals surface area contributed by atoms with Crippen molar-refractivity contribution in [3.63, 3.8) is 0 Å². The number of aromatic nitrogens is 2. The molecule has 17 heavy (non-hydrogen) atoms. The summed E-state index contributed by atoms with van der Waals surface area (Å²) in [4.78, 5) is 0. The Kier molecular flexibility index (Phi) is 3.29. The SMILES string of the molecule is CNCc1ccccc1-n1nc(C)c(C)c1C. The molecule has 2 aromatic rings. The first-order valence-corrected chi connectivity index (χ1v) is 5.91. The van der Waals surface area contributed by atoms with Crippen LogP contribution >= 0.6 is 0 Å². The molecule has 1 N–H and O–H groups in total. The van der Waals surface area contributed by atoms with Crippen LogP contribution in [0.2, 0.25) is 0 Å². The molecule has 0 unspecified atom stereocenters.